The molecule has 2 aromatic rings. The van der Waals surface area contributed by atoms with Crippen LogP contribution in [0.25, 0.3) is 5.78 Å². The summed E-state index contributed by atoms with van der Waals surface area (Å²) < 4.78 is 4.68. The van der Waals surface area contributed by atoms with Crippen LogP contribution in [0.2, 0.25) is 0 Å². The molecule has 0 aromatic carbocycles. The Bertz CT molecular complexity index is 398. The third kappa shape index (κ3) is 0.827. The fourth-order valence-electron chi connectivity index (χ4n) is 1.15. The number of aryl methyl sites for hydroxylation is 3. The summed E-state index contributed by atoms with van der Waals surface area (Å²) in [5, 5.41) is 4.30. The molecular weight excluding hydrogens is 220 g/mol. The Labute approximate surface area is 78.3 Å². The minimum absolute atomic E-state index is 0.872. The van der Waals surface area contributed by atoms with Crippen LogP contribution in [-0.2, 0) is 7.05 Å². The number of hydrogen-bond donors (Lipinski definition) is 0. The van der Waals surface area contributed by atoms with Gasteiger partial charge in [-0.1, -0.05) is 0 Å². The maximum absolute atomic E-state index is 4.35. The third-order valence-electron chi connectivity index (χ3n) is 1.97. The second-order valence-electron chi connectivity index (χ2n) is 2.81. The molecule has 0 saturated carbocycles. The van der Waals surface area contributed by atoms with Crippen LogP contribution in [-0.4, -0.2) is 19.2 Å². The Morgan fingerprint density at radius 1 is 1.33 bits per heavy atom. The molecule has 4 nitrogen and oxygen atoms in total. The number of nitrogens with zero attached hydrogens (tertiary/aromatic N) is 4. The van der Waals surface area contributed by atoms with Crippen molar-refractivity contribution in [1.29, 1.82) is 0 Å². The number of hydrogen-bond acceptors (Lipinski definition) is 2. The van der Waals surface area contributed by atoms with E-state index >= 15 is 0 Å². The SMILES string of the molecule is Cc1nc2n(C)c(C)nn2c1Br. The van der Waals surface area contributed by atoms with Crippen LogP contribution in [0.4, 0.5) is 0 Å². The van der Waals surface area contributed by atoms with Crippen LogP contribution in [0, 0.1) is 13.8 Å². The number of halogens is 1. The molecule has 0 radical (unpaired) electrons. The first-order valence-electron chi connectivity index (χ1n) is 3.65. The summed E-state index contributed by atoms with van der Waals surface area (Å²) in [4.78, 5) is 4.35. The average Bonchev–Trinajstić information content (AvgIpc) is 2.43. The first-order chi connectivity index (χ1) is 5.61. The largest absolute Gasteiger partial charge is 0.300 e. The lowest BCUT2D eigenvalue weighted by atomic mass is 10.6. The van der Waals surface area contributed by atoms with Crippen molar-refractivity contribution in [2.75, 3.05) is 0 Å². The smallest absolute Gasteiger partial charge is 0.233 e. The number of imidazole rings is 1. The number of rotatable bonds is 0. The van der Waals surface area contributed by atoms with Gasteiger partial charge < -0.3 is 4.57 Å². The standard InChI is InChI=1S/C7H9BrN4/c1-4-6(8)12-7(9-4)11(3)5(2)10-12/h1-3H3. The molecule has 64 valence electrons. The van der Waals surface area contributed by atoms with Crippen LogP contribution in [0.15, 0.2) is 4.60 Å². The van der Waals surface area contributed by atoms with Crippen LogP contribution in [0.1, 0.15) is 11.5 Å². The van der Waals surface area contributed by atoms with E-state index in [2.05, 4.69) is 26.0 Å². The zero-order chi connectivity index (χ0) is 8.88. The van der Waals surface area contributed by atoms with Gasteiger partial charge in [0.05, 0.1) is 5.69 Å². The summed E-state index contributed by atoms with van der Waals surface area (Å²) in [6.07, 6.45) is 0. The van der Waals surface area contributed by atoms with Gasteiger partial charge in [-0.2, -0.15) is 9.61 Å². The van der Waals surface area contributed by atoms with E-state index in [0.29, 0.717) is 0 Å². The zero-order valence-electron chi connectivity index (χ0n) is 7.17. The molecule has 2 rings (SSSR count). The molecule has 0 saturated heterocycles. The van der Waals surface area contributed by atoms with Crippen molar-refractivity contribution < 1.29 is 0 Å². The third-order valence-corrected chi connectivity index (χ3v) is 2.88. The number of fused-ring (bicyclic) bond motifs is 1. The van der Waals surface area contributed by atoms with Crippen molar-refractivity contribution in [3.8, 4) is 0 Å². The van der Waals surface area contributed by atoms with Crippen LogP contribution < -0.4 is 0 Å². The molecular formula is C7H9BrN4. The highest BCUT2D eigenvalue weighted by Gasteiger charge is 2.11. The van der Waals surface area contributed by atoms with Gasteiger partial charge in [0, 0.05) is 7.05 Å². The highest BCUT2D eigenvalue weighted by Crippen LogP contribution is 2.17. The van der Waals surface area contributed by atoms with Crippen molar-refractivity contribution in [3.05, 3.63) is 16.1 Å². The van der Waals surface area contributed by atoms with E-state index in [1.54, 1.807) is 4.52 Å². The molecule has 2 aromatic heterocycles. The lowest BCUT2D eigenvalue weighted by Gasteiger charge is -1.89. The van der Waals surface area contributed by atoms with Crippen molar-refractivity contribution in [3.63, 3.8) is 0 Å². The molecule has 0 bridgehead atoms. The summed E-state index contributed by atoms with van der Waals surface area (Å²) in [5.74, 6) is 1.83. The highest BCUT2D eigenvalue weighted by molar-refractivity contribution is 9.10. The molecule has 0 amide bonds. The monoisotopic (exact) mass is 228 g/mol. The van der Waals surface area contributed by atoms with Gasteiger partial charge in [0.2, 0.25) is 5.78 Å². The fourth-order valence-corrected chi connectivity index (χ4v) is 1.47. The van der Waals surface area contributed by atoms with E-state index < -0.39 is 0 Å². The van der Waals surface area contributed by atoms with Gasteiger partial charge in [0.25, 0.3) is 0 Å². The Hall–Kier alpha value is -0.840. The van der Waals surface area contributed by atoms with Gasteiger partial charge >= 0.3 is 0 Å². The highest BCUT2D eigenvalue weighted by atomic mass is 79.9. The van der Waals surface area contributed by atoms with E-state index in [-0.39, 0.29) is 0 Å². The molecule has 0 unspecified atom stereocenters. The Balaban J connectivity index is 2.93. The first kappa shape index (κ1) is 7.79. The van der Waals surface area contributed by atoms with Gasteiger partial charge in [-0.25, -0.2) is 4.98 Å². The van der Waals surface area contributed by atoms with Gasteiger partial charge in [-0.15, -0.1) is 0 Å². The molecule has 12 heavy (non-hydrogen) atoms. The summed E-state index contributed by atoms with van der Waals surface area (Å²) in [7, 11) is 1.95. The van der Waals surface area contributed by atoms with Crippen molar-refractivity contribution >= 4 is 21.7 Å². The van der Waals surface area contributed by atoms with Gasteiger partial charge in [-0.3, -0.25) is 0 Å². The van der Waals surface area contributed by atoms with E-state index in [9.17, 15) is 0 Å². The van der Waals surface area contributed by atoms with Crippen LogP contribution >= 0.6 is 15.9 Å². The van der Waals surface area contributed by atoms with Gasteiger partial charge in [-0.05, 0) is 29.8 Å². The Kier molecular flexibility index (Phi) is 1.51. The minimum atomic E-state index is 0.872. The zero-order valence-corrected chi connectivity index (χ0v) is 8.75. The molecule has 5 heteroatoms. The Morgan fingerprint density at radius 2 is 2.00 bits per heavy atom. The van der Waals surface area contributed by atoms with E-state index in [1.807, 2.05) is 25.5 Å². The van der Waals surface area contributed by atoms with Crippen LogP contribution in [0.5, 0.6) is 0 Å². The van der Waals surface area contributed by atoms with Gasteiger partial charge in [0.1, 0.15) is 10.4 Å². The average molecular weight is 229 g/mol. The quantitative estimate of drug-likeness (QED) is 0.685. The van der Waals surface area contributed by atoms with E-state index in [0.717, 1.165) is 21.9 Å². The minimum Gasteiger partial charge on any atom is -0.300 e. The maximum atomic E-state index is 4.35. The molecule has 0 aliphatic carbocycles. The molecule has 0 spiro atoms. The molecule has 0 fully saturated rings. The van der Waals surface area contributed by atoms with Crippen molar-refractivity contribution in [1.82, 2.24) is 19.2 Å². The molecule has 2 heterocycles. The maximum Gasteiger partial charge on any atom is 0.233 e. The molecule has 0 N–H and O–H groups in total. The predicted octanol–water partition coefficient (Wildman–Crippen LogP) is 1.45. The normalized spacial score (nSPS) is 11.3. The summed E-state index contributed by atoms with van der Waals surface area (Å²) in [6, 6.07) is 0. The summed E-state index contributed by atoms with van der Waals surface area (Å²) in [5.41, 5.74) is 0.966. The number of aromatic nitrogens is 4. The molecule has 0 aliphatic rings. The lowest BCUT2D eigenvalue weighted by Crippen LogP contribution is -1.91. The predicted molar refractivity (Wildman–Crippen MR) is 49.1 cm³/mol. The van der Waals surface area contributed by atoms with E-state index in [4.69, 9.17) is 0 Å². The second-order valence-corrected chi connectivity index (χ2v) is 3.56. The fraction of sp³-hybridized carbons (Fsp3) is 0.429. The Morgan fingerprint density at radius 3 is 2.58 bits per heavy atom. The summed E-state index contributed by atoms with van der Waals surface area (Å²) in [6.45, 7) is 3.91. The van der Waals surface area contributed by atoms with Crippen molar-refractivity contribution in [2.24, 2.45) is 7.05 Å². The van der Waals surface area contributed by atoms with E-state index in [1.165, 1.54) is 0 Å². The second kappa shape index (κ2) is 2.32. The summed E-state index contributed by atoms with van der Waals surface area (Å²) >= 11 is 3.42. The lowest BCUT2D eigenvalue weighted by molar-refractivity contribution is 0.859. The van der Waals surface area contributed by atoms with Gasteiger partial charge in [0.15, 0.2) is 0 Å². The van der Waals surface area contributed by atoms with Crippen LogP contribution in [0.3, 0.4) is 0 Å². The van der Waals surface area contributed by atoms with Crippen molar-refractivity contribution in [2.45, 2.75) is 13.8 Å². The molecule has 0 atom stereocenters. The topological polar surface area (TPSA) is 35.1 Å². The molecule has 0 aliphatic heterocycles. The first-order valence-corrected chi connectivity index (χ1v) is 4.44.